The molecule has 1 heterocycles. The predicted octanol–water partition coefficient (Wildman–Crippen LogP) is 3.85. The van der Waals surface area contributed by atoms with Gasteiger partial charge in [-0.25, -0.2) is 4.39 Å². The Bertz CT molecular complexity index is 463. The van der Waals surface area contributed by atoms with Crippen LogP contribution in [0.4, 0.5) is 4.39 Å². The third kappa shape index (κ3) is 2.91. The molecule has 1 aliphatic heterocycles. The average Bonchev–Trinajstić information content (AvgIpc) is 2.32. The first-order valence-electron chi connectivity index (χ1n) is 6.13. The van der Waals surface area contributed by atoms with E-state index in [4.69, 9.17) is 0 Å². The first-order chi connectivity index (χ1) is 8.39. The smallest absolute Gasteiger partial charge is 0.253 e. The number of piperidine rings is 1. The maximum atomic E-state index is 13.4. The summed E-state index contributed by atoms with van der Waals surface area (Å²) in [6.45, 7) is 5.94. The van der Waals surface area contributed by atoms with Gasteiger partial charge in [0.15, 0.2) is 0 Å². The first kappa shape index (κ1) is 13.5. The number of amides is 1. The van der Waals surface area contributed by atoms with Crippen molar-refractivity contribution in [3.05, 3.63) is 34.1 Å². The van der Waals surface area contributed by atoms with Gasteiger partial charge in [0.05, 0.1) is 4.47 Å². The van der Waals surface area contributed by atoms with E-state index in [0.717, 1.165) is 25.9 Å². The van der Waals surface area contributed by atoms with Crippen LogP contribution < -0.4 is 0 Å². The van der Waals surface area contributed by atoms with Crippen molar-refractivity contribution in [1.82, 2.24) is 4.90 Å². The van der Waals surface area contributed by atoms with Gasteiger partial charge in [-0.15, -0.1) is 0 Å². The number of carbonyl (C=O) groups is 1. The van der Waals surface area contributed by atoms with Gasteiger partial charge in [-0.2, -0.15) is 0 Å². The number of hydrogen-bond donors (Lipinski definition) is 0. The van der Waals surface area contributed by atoms with E-state index in [2.05, 4.69) is 29.8 Å². The molecule has 0 spiro atoms. The fourth-order valence-corrected chi connectivity index (χ4v) is 2.37. The van der Waals surface area contributed by atoms with E-state index in [-0.39, 0.29) is 5.91 Å². The SMILES string of the molecule is CC1(C)CCN(C(=O)c2ccc(Br)c(F)c2)CC1. The third-order valence-corrected chi connectivity index (χ3v) is 4.21. The molecular formula is C14H17BrFNO. The van der Waals surface area contributed by atoms with Crippen LogP contribution in [-0.2, 0) is 0 Å². The van der Waals surface area contributed by atoms with Gasteiger partial charge in [-0.05, 0) is 52.4 Å². The molecule has 0 aliphatic carbocycles. The molecule has 0 atom stereocenters. The van der Waals surface area contributed by atoms with E-state index < -0.39 is 5.82 Å². The summed E-state index contributed by atoms with van der Waals surface area (Å²) in [7, 11) is 0. The van der Waals surface area contributed by atoms with E-state index in [9.17, 15) is 9.18 Å². The van der Waals surface area contributed by atoms with Gasteiger partial charge in [-0.3, -0.25) is 4.79 Å². The predicted molar refractivity (Wildman–Crippen MR) is 73.0 cm³/mol. The summed E-state index contributed by atoms with van der Waals surface area (Å²) in [6.07, 6.45) is 2.00. The van der Waals surface area contributed by atoms with Crippen molar-refractivity contribution < 1.29 is 9.18 Å². The van der Waals surface area contributed by atoms with Gasteiger partial charge in [0.2, 0.25) is 0 Å². The number of hydrogen-bond acceptors (Lipinski definition) is 1. The van der Waals surface area contributed by atoms with Gasteiger partial charge in [0.1, 0.15) is 5.82 Å². The summed E-state index contributed by atoms with van der Waals surface area (Å²) in [4.78, 5) is 14.0. The van der Waals surface area contributed by atoms with Crippen molar-refractivity contribution in [2.24, 2.45) is 5.41 Å². The summed E-state index contributed by atoms with van der Waals surface area (Å²) in [5.74, 6) is -0.463. The lowest BCUT2D eigenvalue weighted by atomic mass is 9.82. The fraction of sp³-hybridized carbons (Fsp3) is 0.500. The first-order valence-corrected chi connectivity index (χ1v) is 6.93. The highest BCUT2D eigenvalue weighted by Gasteiger charge is 2.28. The largest absolute Gasteiger partial charge is 0.339 e. The molecular weight excluding hydrogens is 297 g/mol. The Labute approximate surface area is 115 Å². The Morgan fingerprint density at radius 2 is 1.94 bits per heavy atom. The highest BCUT2D eigenvalue weighted by Crippen LogP contribution is 2.30. The van der Waals surface area contributed by atoms with E-state index in [0.29, 0.717) is 15.5 Å². The zero-order valence-electron chi connectivity index (χ0n) is 10.7. The van der Waals surface area contributed by atoms with Crippen LogP contribution in [-0.4, -0.2) is 23.9 Å². The molecule has 1 amide bonds. The molecule has 0 N–H and O–H groups in total. The van der Waals surface area contributed by atoms with E-state index in [1.54, 1.807) is 12.1 Å². The second-order valence-corrected chi connectivity index (χ2v) is 6.44. The maximum Gasteiger partial charge on any atom is 0.253 e. The highest BCUT2D eigenvalue weighted by atomic mass is 79.9. The second kappa shape index (κ2) is 5.00. The number of likely N-dealkylation sites (tertiary alicyclic amines) is 1. The van der Waals surface area contributed by atoms with Crippen molar-refractivity contribution in [3.63, 3.8) is 0 Å². The molecule has 0 bridgehead atoms. The lowest BCUT2D eigenvalue weighted by Crippen LogP contribution is -2.41. The quantitative estimate of drug-likeness (QED) is 0.771. The summed E-state index contributed by atoms with van der Waals surface area (Å²) < 4.78 is 13.8. The van der Waals surface area contributed by atoms with Crippen LogP contribution in [0.25, 0.3) is 0 Å². The van der Waals surface area contributed by atoms with Crippen LogP contribution in [0.15, 0.2) is 22.7 Å². The van der Waals surface area contributed by atoms with Crippen LogP contribution in [0.5, 0.6) is 0 Å². The minimum Gasteiger partial charge on any atom is -0.339 e. The number of rotatable bonds is 1. The monoisotopic (exact) mass is 313 g/mol. The Morgan fingerprint density at radius 1 is 1.33 bits per heavy atom. The fourth-order valence-electron chi connectivity index (χ4n) is 2.13. The van der Waals surface area contributed by atoms with Crippen LogP contribution >= 0.6 is 15.9 Å². The van der Waals surface area contributed by atoms with Gasteiger partial charge in [0, 0.05) is 18.7 Å². The minimum atomic E-state index is -0.391. The second-order valence-electron chi connectivity index (χ2n) is 5.59. The molecule has 0 radical (unpaired) electrons. The molecule has 0 aromatic heterocycles. The number of halogens is 2. The average molecular weight is 314 g/mol. The molecule has 0 unspecified atom stereocenters. The topological polar surface area (TPSA) is 20.3 Å². The van der Waals surface area contributed by atoms with Crippen molar-refractivity contribution in [1.29, 1.82) is 0 Å². The van der Waals surface area contributed by atoms with Gasteiger partial charge in [0.25, 0.3) is 5.91 Å². The lowest BCUT2D eigenvalue weighted by Gasteiger charge is -2.36. The Balaban J connectivity index is 2.10. The van der Waals surface area contributed by atoms with Crippen LogP contribution in [0.1, 0.15) is 37.0 Å². The zero-order valence-corrected chi connectivity index (χ0v) is 12.3. The standard InChI is InChI=1S/C14H17BrFNO/c1-14(2)5-7-17(8-6-14)13(18)10-3-4-11(15)12(16)9-10/h3-4,9H,5-8H2,1-2H3. The highest BCUT2D eigenvalue weighted by molar-refractivity contribution is 9.10. The van der Waals surface area contributed by atoms with Crippen LogP contribution in [0.2, 0.25) is 0 Å². The van der Waals surface area contributed by atoms with Crippen LogP contribution in [0, 0.1) is 11.2 Å². The van der Waals surface area contributed by atoms with Gasteiger partial charge >= 0.3 is 0 Å². The van der Waals surface area contributed by atoms with Crippen molar-refractivity contribution >= 4 is 21.8 Å². The number of benzene rings is 1. The normalized spacial score (nSPS) is 18.8. The van der Waals surface area contributed by atoms with Crippen LogP contribution in [0.3, 0.4) is 0 Å². The molecule has 2 nitrogen and oxygen atoms in total. The molecule has 4 heteroatoms. The van der Waals surface area contributed by atoms with E-state index >= 15 is 0 Å². The molecule has 1 aromatic carbocycles. The number of carbonyl (C=O) groups excluding carboxylic acids is 1. The van der Waals surface area contributed by atoms with E-state index in [1.807, 2.05) is 4.90 Å². The van der Waals surface area contributed by atoms with Crippen molar-refractivity contribution in [2.45, 2.75) is 26.7 Å². The molecule has 2 rings (SSSR count). The maximum absolute atomic E-state index is 13.4. The Morgan fingerprint density at radius 3 is 2.50 bits per heavy atom. The summed E-state index contributed by atoms with van der Waals surface area (Å²) in [5, 5.41) is 0. The van der Waals surface area contributed by atoms with E-state index in [1.165, 1.54) is 6.07 Å². The van der Waals surface area contributed by atoms with Gasteiger partial charge < -0.3 is 4.90 Å². The minimum absolute atomic E-state index is 0.0723. The number of nitrogens with zero attached hydrogens (tertiary/aromatic N) is 1. The zero-order chi connectivity index (χ0) is 13.3. The molecule has 1 aromatic rings. The Kier molecular flexibility index (Phi) is 3.76. The van der Waals surface area contributed by atoms with Crippen molar-refractivity contribution in [3.8, 4) is 0 Å². The Hall–Kier alpha value is -0.900. The summed E-state index contributed by atoms with van der Waals surface area (Å²) in [6, 6.07) is 4.54. The summed E-state index contributed by atoms with van der Waals surface area (Å²) >= 11 is 3.09. The molecule has 1 aliphatic rings. The summed E-state index contributed by atoms with van der Waals surface area (Å²) in [5.41, 5.74) is 0.734. The third-order valence-electron chi connectivity index (χ3n) is 3.57. The molecule has 1 saturated heterocycles. The van der Waals surface area contributed by atoms with Gasteiger partial charge in [-0.1, -0.05) is 13.8 Å². The molecule has 0 saturated carbocycles. The lowest BCUT2D eigenvalue weighted by molar-refractivity contribution is 0.0630. The molecule has 98 valence electrons. The molecule has 1 fully saturated rings. The molecule has 18 heavy (non-hydrogen) atoms. The van der Waals surface area contributed by atoms with Crippen molar-refractivity contribution in [2.75, 3.05) is 13.1 Å².